The Kier molecular flexibility index (Phi) is 4.32. The van der Waals surface area contributed by atoms with Crippen LogP contribution in [0.4, 0.5) is 5.69 Å². The van der Waals surface area contributed by atoms with Gasteiger partial charge in [0.1, 0.15) is 10.6 Å². The number of nitrogens with zero attached hydrogens (tertiary/aromatic N) is 2. The van der Waals surface area contributed by atoms with Crippen molar-refractivity contribution in [3.8, 4) is 10.6 Å². The summed E-state index contributed by atoms with van der Waals surface area (Å²) in [6.45, 7) is 6.04. The fourth-order valence-corrected chi connectivity index (χ4v) is 4.80. The number of thiazole rings is 1. The van der Waals surface area contributed by atoms with Crippen LogP contribution in [0.3, 0.4) is 0 Å². The van der Waals surface area contributed by atoms with E-state index in [1.54, 1.807) is 0 Å². The smallest absolute Gasteiger partial charge is 0.346 e. The fraction of sp³-hybridized carbons (Fsp3) is 0.167. The van der Waals surface area contributed by atoms with Gasteiger partial charge in [-0.05, 0) is 43.5 Å². The third-order valence-electron chi connectivity index (χ3n) is 5.36. The lowest BCUT2D eigenvalue weighted by Crippen LogP contribution is -2.21. The van der Waals surface area contributed by atoms with Crippen molar-refractivity contribution in [2.24, 2.45) is 0 Å². The molecule has 0 fully saturated rings. The van der Waals surface area contributed by atoms with Crippen molar-refractivity contribution in [1.29, 1.82) is 0 Å². The summed E-state index contributed by atoms with van der Waals surface area (Å²) in [6, 6.07) is 20.3. The summed E-state index contributed by atoms with van der Waals surface area (Å²) >= 11 is 1.52. The maximum Gasteiger partial charge on any atom is 0.346 e. The van der Waals surface area contributed by atoms with Crippen molar-refractivity contribution >= 4 is 49.0 Å². The zero-order valence-corrected chi connectivity index (χ0v) is 17.1. The molecule has 0 aliphatic heterocycles. The Balaban J connectivity index is 1.66. The van der Waals surface area contributed by atoms with Gasteiger partial charge in [-0.25, -0.2) is 9.78 Å². The quantitative estimate of drug-likeness (QED) is 0.344. The number of hydrogen-bond donors (Lipinski definition) is 0. The maximum absolute atomic E-state index is 12.8. The molecule has 144 valence electrons. The Morgan fingerprint density at radius 3 is 2.59 bits per heavy atom. The van der Waals surface area contributed by atoms with E-state index in [0.29, 0.717) is 16.2 Å². The SMILES string of the molecule is CCN(CC)c1ccc2cc(-c3nc4c(ccc5ccccc54)s3)c(=O)oc2c1. The van der Waals surface area contributed by atoms with E-state index in [0.717, 1.165) is 45.2 Å². The van der Waals surface area contributed by atoms with Gasteiger partial charge in [0.15, 0.2) is 0 Å². The summed E-state index contributed by atoms with van der Waals surface area (Å²) < 4.78 is 6.76. The van der Waals surface area contributed by atoms with Gasteiger partial charge in [0.25, 0.3) is 0 Å². The highest BCUT2D eigenvalue weighted by atomic mass is 32.1. The van der Waals surface area contributed by atoms with E-state index in [1.165, 1.54) is 11.3 Å². The second-order valence-electron chi connectivity index (χ2n) is 6.99. The number of aromatic nitrogens is 1. The van der Waals surface area contributed by atoms with E-state index in [4.69, 9.17) is 9.40 Å². The Morgan fingerprint density at radius 1 is 0.966 bits per heavy atom. The van der Waals surface area contributed by atoms with E-state index in [2.05, 4.69) is 49.1 Å². The highest BCUT2D eigenvalue weighted by Gasteiger charge is 2.15. The molecule has 0 unspecified atom stereocenters. The lowest BCUT2D eigenvalue weighted by atomic mass is 10.1. The average Bonchev–Trinajstić information content (AvgIpc) is 3.18. The van der Waals surface area contributed by atoms with Crippen molar-refractivity contribution in [3.05, 3.63) is 71.1 Å². The standard InChI is InChI=1S/C24H20N2O2S/c1-3-26(4-2)17-11-9-16-13-19(24(27)28-20(16)14-17)23-25-22-18-8-6-5-7-15(18)10-12-21(22)29-23/h5-14H,3-4H2,1-2H3. The number of rotatable bonds is 4. The molecular formula is C24H20N2O2S. The van der Waals surface area contributed by atoms with Gasteiger partial charge in [0.2, 0.25) is 0 Å². The van der Waals surface area contributed by atoms with Crippen molar-refractivity contribution in [2.75, 3.05) is 18.0 Å². The van der Waals surface area contributed by atoms with Gasteiger partial charge in [0, 0.05) is 35.6 Å². The van der Waals surface area contributed by atoms with Gasteiger partial charge in [-0.15, -0.1) is 11.3 Å². The van der Waals surface area contributed by atoms with Crippen LogP contribution in [0.25, 0.3) is 42.5 Å². The predicted molar refractivity (Wildman–Crippen MR) is 122 cm³/mol. The number of benzene rings is 3. The monoisotopic (exact) mass is 400 g/mol. The summed E-state index contributed by atoms with van der Waals surface area (Å²) in [5.41, 5.74) is 2.76. The third-order valence-corrected chi connectivity index (χ3v) is 6.42. The van der Waals surface area contributed by atoms with Gasteiger partial charge in [0.05, 0.1) is 15.8 Å². The fourth-order valence-electron chi connectivity index (χ4n) is 3.81. The molecule has 0 bridgehead atoms. The summed E-state index contributed by atoms with van der Waals surface area (Å²) in [5, 5.41) is 3.84. The Morgan fingerprint density at radius 2 is 1.76 bits per heavy atom. The molecule has 0 saturated carbocycles. The topological polar surface area (TPSA) is 46.3 Å². The van der Waals surface area contributed by atoms with Crippen molar-refractivity contribution in [3.63, 3.8) is 0 Å². The molecule has 0 atom stereocenters. The van der Waals surface area contributed by atoms with Crippen molar-refractivity contribution in [1.82, 2.24) is 4.98 Å². The van der Waals surface area contributed by atoms with E-state index < -0.39 is 0 Å². The van der Waals surface area contributed by atoms with Crippen LogP contribution in [0.1, 0.15) is 13.8 Å². The minimum absolute atomic E-state index is 0.349. The van der Waals surface area contributed by atoms with Gasteiger partial charge in [-0.3, -0.25) is 0 Å². The molecule has 0 saturated heterocycles. The van der Waals surface area contributed by atoms with Crippen LogP contribution in [-0.4, -0.2) is 18.1 Å². The van der Waals surface area contributed by atoms with Gasteiger partial charge >= 0.3 is 5.63 Å². The Bertz CT molecular complexity index is 1410. The summed E-state index contributed by atoms with van der Waals surface area (Å²) in [6.07, 6.45) is 0. The normalized spacial score (nSPS) is 11.5. The lowest BCUT2D eigenvalue weighted by Gasteiger charge is -2.20. The molecule has 5 rings (SSSR count). The van der Waals surface area contributed by atoms with E-state index >= 15 is 0 Å². The summed E-state index contributed by atoms with van der Waals surface area (Å²) in [4.78, 5) is 19.8. The first-order valence-corrected chi connectivity index (χ1v) is 10.6. The number of fused-ring (bicyclic) bond motifs is 4. The first kappa shape index (κ1) is 17.9. The molecule has 5 heteroatoms. The lowest BCUT2D eigenvalue weighted by molar-refractivity contribution is 0.563. The van der Waals surface area contributed by atoms with Crippen LogP contribution in [0.5, 0.6) is 0 Å². The van der Waals surface area contributed by atoms with Crippen LogP contribution >= 0.6 is 11.3 Å². The third kappa shape index (κ3) is 2.98. The second kappa shape index (κ2) is 7.01. The molecule has 0 aliphatic carbocycles. The molecule has 0 spiro atoms. The van der Waals surface area contributed by atoms with Crippen LogP contribution in [-0.2, 0) is 0 Å². The Labute approximate surface area is 172 Å². The molecule has 0 radical (unpaired) electrons. The Hall–Kier alpha value is -3.18. The second-order valence-corrected chi connectivity index (χ2v) is 8.03. The van der Waals surface area contributed by atoms with Crippen LogP contribution in [0.15, 0.2) is 69.9 Å². The molecule has 2 aromatic heterocycles. The van der Waals surface area contributed by atoms with Crippen molar-refractivity contribution < 1.29 is 4.42 Å². The van der Waals surface area contributed by atoms with Crippen LogP contribution in [0.2, 0.25) is 0 Å². The maximum atomic E-state index is 12.8. The zero-order chi connectivity index (χ0) is 20.0. The minimum atomic E-state index is -0.349. The van der Waals surface area contributed by atoms with E-state index in [9.17, 15) is 4.79 Å². The van der Waals surface area contributed by atoms with E-state index in [-0.39, 0.29) is 5.63 Å². The average molecular weight is 401 g/mol. The minimum Gasteiger partial charge on any atom is -0.422 e. The first-order chi connectivity index (χ1) is 14.2. The van der Waals surface area contributed by atoms with Gasteiger partial charge in [-0.1, -0.05) is 30.3 Å². The molecular weight excluding hydrogens is 380 g/mol. The van der Waals surface area contributed by atoms with Gasteiger partial charge < -0.3 is 9.32 Å². The first-order valence-electron chi connectivity index (χ1n) is 9.79. The largest absolute Gasteiger partial charge is 0.422 e. The summed E-state index contributed by atoms with van der Waals surface area (Å²) in [7, 11) is 0. The zero-order valence-electron chi connectivity index (χ0n) is 16.3. The molecule has 0 N–H and O–H groups in total. The molecule has 0 amide bonds. The molecule has 29 heavy (non-hydrogen) atoms. The molecule has 5 aromatic rings. The van der Waals surface area contributed by atoms with Crippen molar-refractivity contribution in [2.45, 2.75) is 13.8 Å². The highest BCUT2D eigenvalue weighted by molar-refractivity contribution is 7.21. The highest BCUT2D eigenvalue weighted by Crippen LogP contribution is 2.34. The van der Waals surface area contributed by atoms with E-state index in [1.807, 2.05) is 30.3 Å². The van der Waals surface area contributed by atoms with Crippen LogP contribution in [0, 0.1) is 0 Å². The number of hydrogen-bond acceptors (Lipinski definition) is 5. The molecule has 2 heterocycles. The van der Waals surface area contributed by atoms with Crippen LogP contribution < -0.4 is 10.5 Å². The van der Waals surface area contributed by atoms with Gasteiger partial charge in [-0.2, -0.15) is 0 Å². The predicted octanol–water partition coefficient (Wildman–Crippen LogP) is 6.07. The molecule has 4 nitrogen and oxygen atoms in total. The number of anilines is 1. The molecule has 3 aromatic carbocycles. The molecule has 0 aliphatic rings. The summed E-state index contributed by atoms with van der Waals surface area (Å²) in [5.74, 6) is 0.